The molecule has 0 bridgehead atoms. The van der Waals surface area contributed by atoms with Crippen molar-refractivity contribution in [2.45, 2.75) is 64.0 Å². The lowest BCUT2D eigenvalue weighted by atomic mass is 9.81. The van der Waals surface area contributed by atoms with Crippen molar-refractivity contribution in [3.05, 3.63) is 0 Å². The zero-order valence-corrected chi connectivity index (χ0v) is 14.9. The van der Waals surface area contributed by atoms with E-state index in [9.17, 15) is 9.59 Å². The van der Waals surface area contributed by atoms with E-state index in [1.807, 2.05) is 20.8 Å². The molecule has 0 radical (unpaired) electrons. The van der Waals surface area contributed by atoms with Gasteiger partial charge in [-0.3, -0.25) is 4.79 Å². The first kappa shape index (κ1) is 18.0. The highest BCUT2D eigenvalue weighted by Crippen LogP contribution is 2.32. The van der Waals surface area contributed by atoms with Crippen molar-refractivity contribution < 1.29 is 14.3 Å². The highest BCUT2D eigenvalue weighted by atomic mass is 16.6. The fraction of sp³-hybridized carbons (Fsp3) is 0.882. The summed E-state index contributed by atoms with van der Waals surface area (Å²) in [6, 6.07) is 0. The van der Waals surface area contributed by atoms with Gasteiger partial charge in [-0.1, -0.05) is 0 Å². The number of piperidine rings is 1. The minimum Gasteiger partial charge on any atom is -0.444 e. The van der Waals surface area contributed by atoms with Crippen molar-refractivity contribution in [3.8, 4) is 0 Å². The third-order valence-electron chi connectivity index (χ3n) is 4.81. The third kappa shape index (κ3) is 4.59. The molecule has 23 heavy (non-hydrogen) atoms. The van der Waals surface area contributed by atoms with Crippen LogP contribution in [0, 0.1) is 5.92 Å². The van der Waals surface area contributed by atoms with Crippen molar-refractivity contribution in [3.63, 3.8) is 0 Å². The van der Waals surface area contributed by atoms with Gasteiger partial charge in [0.25, 0.3) is 0 Å². The van der Waals surface area contributed by atoms with E-state index >= 15 is 0 Å². The molecule has 0 aromatic rings. The number of likely N-dealkylation sites (N-methyl/N-ethyl adjacent to an activating group) is 1. The van der Waals surface area contributed by atoms with Crippen LogP contribution in [0.3, 0.4) is 0 Å². The van der Waals surface area contributed by atoms with Crippen LogP contribution in [0.15, 0.2) is 0 Å². The van der Waals surface area contributed by atoms with E-state index in [0.29, 0.717) is 19.0 Å². The van der Waals surface area contributed by atoms with Gasteiger partial charge < -0.3 is 20.3 Å². The second-order valence-electron chi connectivity index (χ2n) is 7.81. The van der Waals surface area contributed by atoms with Crippen LogP contribution in [-0.4, -0.2) is 54.7 Å². The summed E-state index contributed by atoms with van der Waals surface area (Å²) in [6.07, 6.45) is 4.44. The molecular weight excluding hydrogens is 294 g/mol. The van der Waals surface area contributed by atoms with Crippen LogP contribution in [0.2, 0.25) is 0 Å². The third-order valence-corrected chi connectivity index (χ3v) is 4.81. The molecule has 2 amide bonds. The number of ether oxygens (including phenoxy) is 1. The van der Waals surface area contributed by atoms with E-state index in [2.05, 4.69) is 10.6 Å². The number of carbonyl (C=O) groups excluding carboxylic acids is 2. The van der Waals surface area contributed by atoms with Crippen LogP contribution < -0.4 is 10.6 Å². The van der Waals surface area contributed by atoms with Crippen LogP contribution in [0.1, 0.15) is 52.9 Å². The molecule has 0 spiro atoms. The molecule has 2 aliphatic rings. The highest BCUT2D eigenvalue weighted by molar-refractivity contribution is 5.86. The molecule has 2 N–H and O–H groups in total. The lowest BCUT2D eigenvalue weighted by Gasteiger charge is -2.37. The molecule has 0 aliphatic carbocycles. The fourth-order valence-corrected chi connectivity index (χ4v) is 3.65. The second kappa shape index (κ2) is 7.07. The molecule has 1 unspecified atom stereocenters. The van der Waals surface area contributed by atoms with Gasteiger partial charge in [-0.25, -0.2) is 4.79 Å². The first-order valence-corrected chi connectivity index (χ1v) is 8.71. The van der Waals surface area contributed by atoms with Gasteiger partial charge in [-0.2, -0.15) is 0 Å². The van der Waals surface area contributed by atoms with Crippen molar-refractivity contribution >= 4 is 12.0 Å². The molecular formula is C17H31N3O3. The largest absolute Gasteiger partial charge is 0.444 e. The van der Waals surface area contributed by atoms with E-state index in [-0.39, 0.29) is 12.0 Å². The van der Waals surface area contributed by atoms with Crippen LogP contribution >= 0.6 is 0 Å². The molecule has 0 saturated carbocycles. The second-order valence-corrected chi connectivity index (χ2v) is 7.81. The number of amides is 2. The number of nitrogens with one attached hydrogen (secondary N) is 2. The molecule has 0 aromatic heterocycles. The molecule has 2 saturated heterocycles. The molecule has 0 aromatic carbocycles. The zero-order valence-electron chi connectivity index (χ0n) is 14.9. The van der Waals surface area contributed by atoms with Crippen LogP contribution in [0.5, 0.6) is 0 Å². The topological polar surface area (TPSA) is 70.7 Å². The number of likely N-dealkylation sites (tertiary alicyclic amines) is 1. The summed E-state index contributed by atoms with van der Waals surface area (Å²) in [5.74, 6) is 0.571. The van der Waals surface area contributed by atoms with E-state index in [4.69, 9.17) is 4.74 Å². The van der Waals surface area contributed by atoms with Crippen molar-refractivity contribution in [1.29, 1.82) is 0 Å². The average Bonchev–Trinajstić information content (AvgIpc) is 2.95. The summed E-state index contributed by atoms with van der Waals surface area (Å²) < 4.78 is 5.43. The lowest BCUT2D eigenvalue weighted by Crippen LogP contribution is -2.54. The smallest absolute Gasteiger partial charge is 0.410 e. The Bertz CT molecular complexity index is 431. The van der Waals surface area contributed by atoms with Crippen LogP contribution in [0.4, 0.5) is 4.79 Å². The first-order valence-electron chi connectivity index (χ1n) is 8.71. The number of hydrogen-bond acceptors (Lipinski definition) is 4. The van der Waals surface area contributed by atoms with E-state index in [1.165, 1.54) is 0 Å². The lowest BCUT2D eigenvalue weighted by molar-refractivity contribution is -0.127. The summed E-state index contributed by atoms with van der Waals surface area (Å²) >= 11 is 0. The number of nitrogens with zero attached hydrogens (tertiary/aromatic N) is 1. The normalized spacial score (nSPS) is 26.2. The van der Waals surface area contributed by atoms with E-state index in [0.717, 1.165) is 38.6 Å². The Kier molecular flexibility index (Phi) is 5.55. The van der Waals surface area contributed by atoms with Gasteiger partial charge in [-0.05, 0) is 65.3 Å². The maximum atomic E-state index is 12.3. The van der Waals surface area contributed by atoms with Gasteiger partial charge in [0.05, 0.1) is 5.54 Å². The number of hydrogen-bond donors (Lipinski definition) is 2. The van der Waals surface area contributed by atoms with Gasteiger partial charge in [0.1, 0.15) is 5.60 Å². The van der Waals surface area contributed by atoms with Crippen LogP contribution in [-0.2, 0) is 9.53 Å². The molecule has 6 heteroatoms. The SMILES string of the molecule is CNC(=O)C1(CC2CCN(C(=O)OC(C)(C)C)CC2)CCCN1. The molecule has 132 valence electrons. The summed E-state index contributed by atoms with van der Waals surface area (Å²) in [6.45, 7) is 7.99. The van der Waals surface area contributed by atoms with Crippen molar-refractivity contribution in [2.24, 2.45) is 5.92 Å². The Morgan fingerprint density at radius 2 is 1.96 bits per heavy atom. The Morgan fingerprint density at radius 1 is 1.30 bits per heavy atom. The maximum Gasteiger partial charge on any atom is 0.410 e. The summed E-state index contributed by atoms with van der Waals surface area (Å²) in [4.78, 5) is 26.2. The predicted molar refractivity (Wildman–Crippen MR) is 89.2 cm³/mol. The van der Waals surface area contributed by atoms with Gasteiger partial charge in [-0.15, -0.1) is 0 Å². The van der Waals surface area contributed by atoms with E-state index in [1.54, 1.807) is 11.9 Å². The zero-order chi connectivity index (χ0) is 17.1. The number of rotatable bonds is 3. The molecule has 2 fully saturated rings. The van der Waals surface area contributed by atoms with Gasteiger partial charge in [0.2, 0.25) is 5.91 Å². The monoisotopic (exact) mass is 325 g/mol. The summed E-state index contributed by atoms with van der Waals surface area (Å²) in [5.41, 5.74) is -0.863. The molecule has 2 aliphatic heterocycles. The van der Waals surface area contributed by atoms with Crippen LogP contribution in [0.25, 0.3) is 0 Å². The first-order chi connectivity index (χ1) is 10.8. The molecule has 2 heterocycles. The molecule has 1 atom stereocenters. The maximum absolute atomic E-state index is 12.3. The predicted octanol–water partition coefficient (Wildman–Crippen LogP) is 1.89. The average molecular weight is 325 g/mol. The van der Waals surface area contributed by atoms with Gasteiger partial charge in [0, 0.05) is 20.1 Å². The fourth-order valence-electron chi connectivity index (χ4n) is 3.65. The quantitative estimate of drug-likeness (QED) is 0.831. The van der Waals surface area contributed by atoms with Gasteiger partial charge >= 0.3 is 6.09 Å². The molecule has 6 nitrogen and oxygen atoms in total. The number of carbonyl (C=O) groups is 2. The van der Waals surface area contributed by atoms with Crippen molar-refractivity contribution in [1.82, 2.24) is 15.5 Å². The minimum atomic E-state index is -0.453. The Balaban J connectivity index is 1.87. The van der Waals surface area contributed by atoms with E-state index < -0.39 is 11.1 Å². The Hall–Kier alpha value is -1.30. The highest BCUT2D eigenvalue weighted by Gasteiger charge is 2.42. The van der Waals surface area contributed by atoms with Crippen molar-refractivity contribution in [2.75, 3.05) is 26.7 Å². The Morgan fingerprint density at radius 3 is 2.43 bits per heavy atom. The summed E-state index contributed by atoms with van der Waals surface area (Å²) in [5, 5.41) is 6.22. The van der Waals surface area contributed by atoms with Gasteiger partial charge in [0.15, 0.2) is 0 Å². The molecule has 2 rings (SSSR count). The minimum absolute atomic E-state index is 0.101. The Labute approximate surface area is 139 Å². The summed E-state index contributed by atoms with van der Waals surface area (Å²) in [7, 11) is 1.70. The standard InChI is InChI=1S/C17H31N3O3/c1-16(2,3)23-15(22)20-10-6-13(7-11-20)12-17(14(21)18-4)8-5-9-19-17/h13,19H,5-12H2,1-4H3,(H,18,21).